The minimum absolute atomic E-state index is 0.186. The lowest BCUT2D eigenvalue weighted by Crippen LogP contribution is -2.38. The molecule has 114 valence electrons. The number of thiocarbonyl (C=S) groups is 1. The van der Waals surface area contributed by atoms with Crippen LogP contribution < -0.4 is 10.2 Å². The second kappa shape index (κ2) is 6.01. The molecule has 0 saturated carbocycles. The number of rotatable bonds is 1. The first-order valence-electron chi connectivity index (χ1n) is 7.18. The number of nitrogens with one attached hydrogen (secondary N) is 1. The van der Waals surface area contributed by atoms with Crippen LogP contribution in [0.4, 0.5) is 20.2 Å². The van der Waals surface area contributed by atoms with E-state index in [1.54, 1.807) is 0 Å². The summed E-state index contributed by atoms with van der Waals surface area (Å²) >= 11 is 5.41. The Kier molecular flexibility index (Phi) is 4.07. The topological polar surface area (TPSA) is 15.3 Å². The first-order chi connectivity index (χ1) is 10.5. The number of benzene rings is 2. The molecule has 0 saturated heterocycles. The molecule has 0 aliphatic carbocycles. The van der Waals surface area contributed by atoms with E-state index in [0.29, 0.717) is 5.11 Å². The van der Waals surface area contributed by atoms with Gasteiger partial charge in [0.05, 0.1) is 5.69 Å². The SMILES string of the molecule is Cc1ccc2c(c1)CCCN2C(=S)Nc1ccc(F)cc1F. The van der Waals surface area contributed by atoms with Crippen molar-refractivity contribution in [2.45, 2.75) is 19.8 Å². The van der Waals surface area contributed by atoms with Crippen LogP contribution in [0.25, 0.3) is 0 Å². The van der Waals surface area contributed by atoms with Gasteiger partial charge >= 0.3 is 0 Å². The molecule has 5 heteroatoms. The molecule has 0 fully saturated rings. The molecule has 1 aliphatic heterocycles. The van der Waals surface area contributed by atoms with Crippen LogP contribution >= 0.6 is 12.2 Å². The highest BCUT2D eigenvalue weighted by molar-refractivity contribution is 7.80. The molecule has 0 radical (unpaired) electrons. The first kappa shape index (κ1) is 14.9. The van der Waals surface area contributed by atoms with Crippen LogP contribution in [0.2, 0.25) is 0 Å². The summed E-state index contributed by atoms with van der Waals surface area (Å²) in [5.74, 6) is -1.25. The van der Waals surface area contributed by atoms with Gasteiger partial charge in [0.1, 0.15) is 11.6 Å². The highest BCUT2D eigenvalue weighted by atomic mass is 32.1. The smallest absolute Gasteiger partial charge is 0.178 e. The van der Waals surface area contributed by atoms with Gasteiger partial charge in [0.2, 0.25) is 0 Å². The number of halogens is 2. The second-order valence-corrected chi connectivity index (χ2v) is 5.83. The first-order valence-corrected chi connectivity index (χ1v) is 7.58. The fourth-order valence-electron chi connectivity index (χ4n) is 2.71. The average molecular weight is 318 g/mol. The molecule has 1 heterocycles. The number of hydrogen-bond acceptors (Lipinski definition) is 1. The molecule has 0 spiro atoms. The lowest BCUT2D eigenvalue weighted by atomic mass is 10.00. The van der Waals surface area contributed by atoms with Crippen LogP contribution in [-0.2, 0) is 6.42 Å². The molecule has 2 nitrogen and oxygen atoms in total. The Labute approximate surface area is 133 Å². The van der Waals surface area contributed by atoms with Gasteiger partial charge in [-0.15, -0.1) is 0 Å². The van der Waals surface area contributed by atoms with Gasteiger partial charge in [-0.2, -0.15) is 0 Å². The van der Waals surface area contributed by atoms with E-state index in [1.807, 2.05) is 17.0 Å². The van der Waals surface area contributed by atoms with Crippen LogP contribution in [0.5, 0.6) is 0 Å². The third-order valence-electron chi connectivity index (χ3n) is 3.77. The third kappa shape index (κ3) is 2.95. The predicted octanol–water partition coefficient (Wildman–Crippen LogP) is 4.42. The summed E-state index contributed by atoms with van der Waals surface area (Å²) in [6.45, 7) is 2.84. The molecule has 0 atom stereocenters. The Morgan fingerprint density at radius 2 is 2.00 bits per heavy atom. The van der Waals surface area contributed by atoms with E-state index in [2.05, 4.69) is 18.3 Å². The summed E-state index contributed by atoms with van der Waals surface area (Å²) in [7, 11) is 0. The average Bonchev–Trinajstić information content (AvgIpc) is 2.49. The van der Waals surface area contributed by atoms with Gasteiger partial charge in [0, 0.05) is 18.3 Å². The molecule has 0 bridgehead atoms. The molecular weight excluding hydrogens is 302 g/mol. The van der Waals surface area contributed by atoms with E-state index in [0.717, 1.165) is 31.1 Å². The number of nitrogens with zero attached hydrogens (tertiary/aromatic N) is 1. The van der Waals surface area contributed by atoms with Crippen molar-refractivity contribution in [1.82, 2.24) is 0 Å². The Balaban J connectivity index is 1.85. The highest BCUT2D eigenvalue weighted by Gasteiger charge is 2.20. The van der Waals surface area contributed by atoms with Crippen molar-refractivity contribution in [2.75, 3.05) is 16.8 Å². The van der Waals surface area contributed by atoms with Crippen molar-refractivity contribution in [2.24, 2.45) is 0 Å². The van der Waals surface area contributed by atoms with Crippen molar-refractivity contribution < 1.29 is 8.78 Å². The number of anilines is 2. The molecule has 0 amide bonds. The second-order valence-electron chi connectivity index (χ2n) is 5.44. The summed E-state index contributed by atoms with van der Waals surface area (Å²) in [6.07, 6.45) is 2.01. The monoisotopic (exact) mass is 318 g/mol. The summed E-state index contributed by atoms with van der Waals surface area (Å²) in [6, 6.07) is 9.65. The fraction of sp³-hybridized carbons (Fsp3) is 0.235. The van der Waals surface area contributed by atoms with Gasteiger partial charge in [0.25, 0.3) is 0 Å². The quantitative estimate of drug-likeness (QED) is 0.784. The van der Waals surface area contributed by atoms with Gasteiger partial charge in [-0.25, -0.2) is 8.78 Å². The van der Waals surface area contributed by atoms with Crippen LogP contribution in [0, 0.1) is 18.6 Å². The Morgan fingerprint density at radius 3 is 2.77 bits per heavy atom. The lowest BCUT2D eigenvalue weighted by molar-refractivity contribution is 0.586. The summed E-state index contributed by atoms with van der Waals surface area (Å²) in [5, 5.41) is 3.30. The molecule has 2 aromatic carbocycles. The van der Waals surface area contributed by atoms with Crippen molar-refractivity contribution in [1.29, 1.82) is 0 Å². The molecule has 3 rings (SSSR count). The predicted molar refractivity (Wildman–Crippen MR) is 89.4 cm³/mol. The summed E-state index contributed by atoms with van der Waals surface area (Å²) in [5.41, 5.74) is 3.70. The van der Waals surface area contributed by atoms with Gasteiger partial charge in [-0.05, 0) is 55.7 Å². The molecule has 0 unspecified atom stereocenters. The number of aryl methyl sites for hydroxylation is 2. The Morgan fingerprint density at radius 1 is 1.18 bits per heavy atom. The maximum Gasteiger partial charge on any atom is 0.178 e. The van der Waals surface area contributed by atoms with Gasteiger partial charge in [0.15, 0.2) is 5.11 Å². The zero-order chi connectivity index (χ0) is 15.7. The zero-order valence-corrected chi connectivity index (χ0v) is 13.0. The lowest BCUT2D eigenvalue weighted by Gasteiger charge is -2.32. The normalized spacial score (nSPS) is 13.7. The van der Waals surface area contributed by atoms with Gasteiger partial charge in [-0.1, -0.05) is 17.7 Å². The maximum absolute atomic E-state index is 13.7. The minimum Gasteiger partial charge on any atom is -0.330 e. The largest absolute Gasteiger partial charge is 0.330 e. The van der Waals surface area contributed by atoms with Crippen molar-refractivity contribution >= 4 is 28.7 Å². The van der Waals surface area contributed by atoms with Crippen LogP contribution in [0.15, 0.2) is 36.4 Å². The number of fused-ring (bicyclic) bond motifs is 1. The van der Waals surface area contributed by atoms with E-state index >= 15 is 0 Å². The van der Waals surface area contributed by atoms with E-state index in [-0.39, 0.29) is 5.69 Å². The molecule has 2 aromatic rings. The molecular formula is C17H16F2N2S. The summed E-state index contributed by atoms with van der Waals surface area (Å²) in [4.78, 5) is 1.97. The summed E-state index contributed by atoms with van der Waals surface area (Å²) < 4.78 is 26.7. The van der Waals surface area contributed by atoms with E-state index in [4.69, 9.17) is 12.2 Å². The molecule has 0 aromatic heterocycles. The van der Waals surface area contributed by atoms with Crippen molar-refractivity contribution in [3.63, 3.8) is 0 Å². The van der Waals surface area contributed by atoms with E-state index in [1.165, 1.54) is 23.3 Å². The maximum atomic E-state index is 13.7. The fourth-order valence-corrected chi connectivity index (χ4v) is 3.01. The van der Waals surface area contributed by atoms with Crippen LogP contribution in [-0.4, -0.2) is 11.7 Å². The third-order valence-corrected chi connectivity index (χ3v) is 4.09. The van der Waals surface area contributed by atoms with Crippen LogP contribution in [0.1, 0.15) is 17.5 Å². The van der Waals surface area contributed by atoms with Crippen molar-refractivity contribution in [3.05, 3.63) is 59.2 Å². The van der Waals surface area contributed by atoms with E-state index < -0.39 is 11.6 Å². The number of hydrogen-bond donors (Lipinski definition) is 1. The molecule has 22 heavy (non-hydrogen) atoms. The highest BCUT2D eigenvalue weighted by Crippen LogP contribution is 2.29. The van der Waals surface area contributed by atoms with Gasteiger partial charge < -0.3 is 10.2 Å². The Bertz CT molecular complexity index is 731. The van der Waals surface area contributed by atoms with E-state index in [9.17, 15) is 8.78 Å². The molecule has 1 N–H and O–H groups in total. The zero-order valence-electron chi connectivity index (χ0n) is 12.2. The molecule has 1 aliphatic rings. The standard InChI is InChI=1S/C17H16F2N2S/c1-11-4-7-16-12(9-11)3-2-8-21(16)17(22)20-15-6-5-13(18)10-14(15)19/h4-7,9-10H,2-3,8H2,1H3,(H,20,22). The Hall–Kier alpha value is -2.01. The van der Waals surface area contributed by atoms with Gasteiger partial charge in [-0.3, -0.25) is 0 Å². The minimum atomic E-state index is -0.650. The van der Waals surface area contributed by atoms with Crippen molar-refractivity contribution in [3.8, 4) is 0 Å². The van der Waals surface area contributed by atoms with Crippen LogP contribution in [0.3, 0.4) is 0 Å².